The van der Waals surface area contributed by atoms with E-state index in [1.54, 1.807) is 29.1 Å². The number of aromatic nitrogens is 3. The number of carboxylic acid groups (broad SMARTS) is 1. The van der Waals surface area contributed by atoms with Gasteiger partial charge in [0.25, 0.3) is 0 Å². The van der Waals surface area contributed by atoms with Gasteiger partial charge in [-0.2, -0.15) is 0 Å². The molecule has 0 atom stereocenters. The molecule has 14 heavy (non-hydrogen) atoms. The number of carbonyl (C=O) groups is 1. The van der Waals surface area contributed by atoms with Crippen LogP contribution in [0.15, 0.2) is 36.9 Å². The summed E-state index contributed by atoms with van der Waals surface area (Å²) in [6, 6.07) is 3.58. The highest BCUT2D eigenvalue weighted by atomic mass is 16.4. The molecule has 0 amide bonds. The van der Waals surface area contributed by atoms with Crippen molar-refractivity contribution in [1.29, 1.82) is 0 Å². The lowest BCUT2D eigenvalue weighted by Crippen LogP contribution is -2.08. The van der Waals surface area contributed by atoms with Crippen molar-refractivity contribution in [2.75, 3.05) is 0 Å². The summed E-state index contributed by atoms with van der Waals surface area (Å²) in [5.41, 5.74) is -0.0521. The molecule has 0 fully saturated rings. The maximum absolute atomic E-state index is 10.8. The van der Waals surface area contributed by atoms with E-state index < -0.39 is 5.97 Å². The Kier molecular flexibility index (Phi) is 1.98. The summed E-state index contributed by atoms with van der Waals surface area (Å²) in [6.07, 6.45) is 6.26. The third-order valence-corrected chi connectivity index (χ3v) is 1.73. The Morgan fingerprint density at radius 3 is 2.50 bits per heavy atom. The fourth-order valence-electron chi connectivity index (χ4n) is 1.15. The fourth-order valence-corrected chi connectivity index (χ4v) is 1.15. The van der Waals surface area contributed by atoms with E-state index >= 15 is 0 Å². The summed E-state index contributed by atoms with van der Waals surface area (Å²) in [5, 5.41) is 8.85. The van der Waals surface area contributed by atoms with Gasteiger partial charge in [-0.05, 0) is 12.1 Å². The molecule has 0 saturated carbocycles. The normalized spacial score (nSPS) is 10.0. The van der Waals surface area contributed by atoms with Gasteiger partial charge in [0.2, 0.25) is 0 Å². The lowest BCUT2D eigenvalue weighted by Gasteiger charge is -2.03. The maximum Gasteiger partial charge on any atom is 0.358 e. The van der Waals surface area contributed by atoms with Crippen molar-refractivity contribution < 1.29 is 9.90 Å². The second-order valence-electron chi connectivity index (χ2n) is 2.62. The molecule has 2 heterocycles. The summed E-state index contributed by atoms with van der Waals surface area (Å²) in [4.78, 5) is 18.5. The van der Waals surface area contributed by atoms with Crippen LogP contribution in [-0.2, 0) is 0 Å². The van der Waals surface area contributed by atoms with Crippen LogP contribution >= 0.6 is 0 Å². The van der Waals surface area contributed by atoms with E-state index in [0.717, 1.165) is 0 Å². The summed E-state index contributed by atoms with van der Waals surface area (Å²) >= 11 is 0. The predicted molar refractivity (Wildman–Crippen MR) is 48.3 cm³/mol. The van der Waals surface area contributed by atoms with Gasteiger partial charge in [-0.25, -0.2) is 14.8 Å². The van der Waals surface area contributed by atoms with Crippen LogP contribution in [0.1, 0.15) is 10.5 Å². The van der Waals surface area contributed by atoms with E-state index in [2.05, 4.69) is 9.97 Å². The minimum absolute atomic E-state index is 0.0521. The lowest BCUT2D eigenvalue weighted by molar-refractivity contribution is 0.0690. The first-order valence-electron chi connectivity index (χ1n) is 3.96. The molecule has 0 aliphatic heterocycles. The number of hydrogen-bond acceptors (Lipinski definition) is 3. The van der Waals surface area contributed by atoms with Crippen LogP contribution in [0.3, 0.4) is 0 Å². The second-order valence-corrected chi connectivity index (χ2v) is 2.62. The van der Waals surface area contributed by atoms with E-state index in [9.17, 15) is 4.79 Å². The van der Waals surface area contributed by atoms with Crippen LogP contribution in [0.4, 0.5) is 0 Å². The molecule has 0 saturated heterocycles. The zero-order valence-electron chi connectivity index (χ0n) is 7.16. The third kappa shape index (κ3) is 1.35. The van der Waals surface area contributed by atoms with Crippen LogP contribution in [0.2, 0.25) is 0 Å². The molecule has 2 aromatic rings. The number of carboxylic acids is 1. The molecule has 0 bridgehead atoms. The molecular weight excluding hydrogens is 182 g/mol. The van der Waals surface area contributed by atoms with E-state index in [0.29, 0.717) is 5.82 Å². The zero-order chi connectivity index (χ0) is 9.97. The number of aromatic carboxylic acids is 1. The van der Waals surface area contributed by atoms with Gasteiger partial charge in [-0.1, -0.05) is 0 Å². The first kappa shape index (κ1) is 8.43. The van der Waals surface area contributed by atoms with Crippen LogP contribution in [0.5, 0.6) is 0 Å². The molecule has 2 aromatic heterocycles. The van der Waals surface area contributed by atoms with Crippen molar-refractivity contribution in [3.8, 4) is 5.82 Å². The Bertz CT molecular complexity index is 451. The van der Waals surface area contributed by atoms with Crippen molar-refractivity contribution >= 4 is 5.97 Å². The van der Waals surface area contributed by atoms with Crippen molar-refractivity contribution in [1.82, 2.24) is 14.5 Å². The van der Waals surface area contributed by atoms with E-state index in [-0.39, 0.29) is 5.69 Å². The Labute approximate surface area is 79.7 Å². The first-order valence-corrected chi connectivity index (χ1v) is 3.96. The minimum Gasteiger partial charge on any atom is -0.476 e. The average molecular weight is 189 g/mol. The van der Waals surface area contributed by atoms with E-state index in [4.69, 9.17) is 5.11 Å². The van der Waals surface area contributed by atoms with Crippen molar-refractivity contribution in [2.24, 2.45) is 0 Å². The van der Waals surface area contributed by atoms with Crippen molar-refractivity contribution in [3.05, 3.63) is 42.6 Å². The number of rotatable bonds is 2. The number of hydrogen-bond donors (Lipinski definition) is 1. The van der Waals surface area contributed by atoms with Crippen molar-refractivity contribution in [2.45, 2.75) is 0 Å². The largest absolute Gasteiger partial charge is 0.476 e. The van der Waals surface area contributed by atoms with E-state index in [1.807, 2.05) is 0 Å². The van der Waals surface area contributed by atoms with Gasteiger partial charge >= 0.3 is 5.97 Å². The van der Waals surface area contributed by atoms with Gasteiger partial charge < -0.3 is 9.67 Å². The molecule has 0 spiro atoms. The van der Waals surface area contributed by atoms with Gasteiger partial charge in [0.1, 0.15) is 0 Å². The van der Waals surface area contributed by atoms with Gasteiger partial charge in [0.05, 0.1) is 0 Å². The molecule has 5 heteroatoms. The summed E-state index contributed by atoms with van der Waals surface area (Å²) in [7, 11) is 0. The zero-order valence-corrected chi connectivity index (χ0v) is 7.16. The number of nitrogens with zero attached hydrogens (tertiary/aromatic N) is 3. The fraction of sp³-hybridized carbons (Fsp3) is 0. The van der Waals surface area contributed by atoms with Gasteiger partial charge in [-0.15, -0.1) is 0 Å². The molecule has 0 aliphatic carbocycles. The van der Waals surface area contributed by atoms with Crippen molar-refractivity contribution in [3.63, 3.8) is 0 Å². The highest BCUT2D eigenvalue weighted by Gasteiger charge is 2.12. The molecule has 70 valence electrons. The topological polar surface area (TPSA) is 68.0 Å². The molecule has 0 unspecified atom stereocenters. The quantitative estimate of drug-likeness (QED) is 0.764. The van der Waals surface area contributed by atoms with Gasteiger partial charge in [-0.3, -0.25) is 0 Å². The highest BCUT2D eigenvalue weighted by molar-refractivity contribution is 5.88. The summed E-state index contributed by atoms with van der Waals surface area (Å²) in [5.74, 6) is -0.758. The SMILES string of the molecule is O=C(O)c1nccnc1-n1cccc1. The molecule has 1 N–H and O–H groups in total. The minimum atomic E-state index is -1.08. The average Bonchev–Trinajstić information content (AvgIpc) is 2.70. The van der Waals surface area contributed by atoms with Gasteiger partial charge in [0.15, 0.2) is 11.5 Å². The Morgan fingerprint density at radius 1 is 1.21 bits per heavy atom. The highest BCUT2D eigenvalue weighted by Crippen LogP contribution is 2.08. The first-order chi connectivity index (χ1) is 6.79. The molecule has 0 aliphatic rings. The summed E-state index contributed by atoms with van der Waals surface area (Å²) < 4.78 is 1.61. The molecule has 0 radical (unpaired) electrons. The van der Waals surface area contributed by atoms with Crippen LogP contribution in [0, 0.1) is 0 Å². The van der Waals surface area contributed by atoms with E-state index in [1.165, 1.54) is 12.4 Å². The van der Waals surface area contributed by atoms with Gasteiger partial charge in [0, 0.05) is 24.8 Å². The maximum atomic E-state index is 10.8. The molecule has 2 rings (SSSR count). The Balaban J connectivity index is 2.58. The monoisotopic (exact) mass is 189 g/mol. The summed E-state index contributed by atoms with van der Waals surface area (Å²) in [6.45, 7) is 0. The Morgan fingerprint density at radius 2 is 1.86 bits per heavy atom. The molecule has 0 aromatic carbocycles. The van der Waals surface area contributed by atoms with Crippen LogP contribution < -0.4 is 0 Å². The van der Waals surface area contributed by atoms with Crippen LogP contribution in [-0.4, -0.2) is 25.6 Å². The third-order valence-electron chi connectivity index (χ3n) is 1.73. The Hall–Kier alpha value is -2.17. The van der Waals surface area contributed by atoms with Crippen LogP contribution in [0.25, 0.3) is 5.82 Å². The predicted octanol–water partition coefficient (Wildman–Crippen LogP) is 0.965. The smallest absolute Gasteiger partial charge is 0.358 e. The standard InChI is InChI=1S/C9H7N3O2/c13-9(14)7-8(11-4-3-10-7)12-5-1-2-6-12/h1-6H,(H,13,14). The lowest BCUT2D eigenvalue weighted by atomic mass is 10.4. The second kappa shape index (κ2) is 3.29. The molecule has 5 nitrogen and oxygen atoms in total. The molecular formula is C9H7N3O2.